The molecule has 1 N–H and O–H groups in total. The summed E-state index contributed by atoms with van der Waals surface area (Å²) in [4.78, 5) is 39.8. The van der Waals surface area contributed by atoms with Crippen molar-refractivity contribution in [3.8, 4) is 0 Å². The molecule has 0 spiro atoms. The number of aryl methyl sites for hydroxylation is 1. The van der Waals surface area contributed by atoms with Crippen LogP contribution in [0.2, 0.25) is 5.02 Å². The second-order valence-corrected chi connectivity index (χ2v) is 6.48. The fourth-order valence-electron chi connectivity index (χ4n) is 2.69. The summed E-state index contributed by atoms with van der Waals surface area (Å²) < 4.78 is 1.13. The van der Waals surface area contributed by atoms with Gasteiger partial charge in [-0.2, -0.15) is 0 Å². The number of nitrogens with zero attached hydrogens (tertiary/aromatic N) is 3. The van der Waals surface area contributed by atoms with Crippen LogP contribution in [0.3, 0.4) is 0 Å². The smallest absolute Gasteiger partial charge is 0.293 e. The number of hydrogen-bond acceptors (Lipinski definition) is 5. The SMILES string of the molecule is Cc1ccc([N+](=O)[O-])c(NC(=O)Cn2cnc3ccc(Cl)cc3c2=O)c1C. The fraction of sp³-hybridized carbons (Fsp3) is 0.167. The van der Waals surface area contributed by atoms with E-state index >= 15 is 0 Å². The molecule has 1 heterocycles. The minimum atomic E-state index is -0.572. The molecule has 0 bridgehead atoms. The third-order valence-corrected chi connectivity index (χ3v) is 4.51. The summed E-state index contributed by atoms with van der Waals surface area (Å²) in [5.74, 6) is -0.572. The predicted octanol–water partition coefficient (Wildman–Crippen LogP) is 3.21. The molecule has 0 saturated heterocycles. The van der Waals surface area contributed by atoms with Gasteiger partial charge in [0.25, 0.3) is 11.2 Å². The summed E-state index contributed by atoms with van der Waals surface area (Å²) in [6, 6.07) is 7.67. The summed E-state index contributed by atoms with van der Waals surface area (Å²) >= 11 is 5.92. The van der Waals surface area contributed by atoms with Gasteiger partial charge < -0.3 is 5.32 Å². The highest BCUT2D eigenvalue weighted by molar-refractivity contribution is 6.31. The van der Waals surface area contributed by atoms with Gasteiger partial charge in [-0.15, -0.1) is 0 Å². The monoisotopic (exact) mass is 386 g/mol. The number of hydrogen-bond donors (Lipinski definition) is 1. The van der Waals surface area contributed by atoms with E-state index in [1.807, 2.05) is 0 Å². The molecule has 0 saturated carbocycles. The molecule has 1 aromatic heterocycles. The highest BCUT2D eigenvalue weighted by Crippen LogP contribution is 2.30. The van der Waals surface area contributed by atoms with Crippen molar-refractivity contribution in [2.24, 2.45) is 0 Å². The van der Waals surface area contributed by atoms with E-state index in [4.69, 9.17) is 11.6 Å². The van der Waals surface area contributed by atoms with E-state index < -0.39 is 16.4 Å². The number of benzene rings is 2. The topological polar surface area (TPSA) is 107 Å². The number of carbonyl (C=O) groups excluding carboxylic acids is 1. The maximum Gasteiger partial charge on any atom is 0.293 e. The Bertz CT molecular complexity index is 1140. The third-order valence-electron chi connectivity index (χ3n) is 4.27. The Hall–Kier alpha value is -3.26. The van der Waals surface area contributed by atoms with E-state index in [0.29, 0.717) is 16.1 Å². The third kappa shape index (κ3) is 3.65. The molecule has 3 rings (SSSR count). The summed E-state index contributed by atoms with van der Waals surface area (Å²) in [5, 5.41) is 14.4. The van der Waals surface area contributed by atoms with Gasteiger partial charge in [0.05, 0.1) is 22.2 Å². The zero-order valence-electron chi connectivity index (χ0n) is 14.5. The molecular weight excluding hydrogens is 372 g/mol. The number of anilines is 1. The molecule has 0 unspecified atom stereocenters. The minimum absolute atomic E-state index is 0.120. The first-order valence-electron chi connectivity index (χ1n) is 7.97. The summed E-state index contributed by atoms with van der Waals surface area (Å²) in [5.41, 5.74) is 1.35. The zero-order chi connectivity index (χ0) is 19.7. The Morgan fingerprint density at radius 2 is 2.04 bits per heavy atom. The van der Waals surface area contributed by atoms with Gasteiger partial charge in [-0.1, -0.05) is 17.7 Å². The molecule has 8 nitrogen and oxygen atoms in total. The van der Waals surface area contributed by atoms with E-state index in [-0.39, 0.29) is 23.3 Å². The molecule has 0 fully saturated rings. The van der Waals surface area contributed by atoms with Crippen molar-refractivity contribution in [1.29, 1.82) is 0 Å². The van der Waals surface area contributed by atoms with Gasteiger partial charge in [-0.05, 0) is 43.2 Å². The average Bonchev–Trinajstić information content (AvgIpc) is 2.61. The van der Waals surface area contributed by atoms with Crippen LogP contribution in [0.5, 0.6) is 0 Å². The number of nitro benzene ring substituents is 1. The highest BCUT2D eigenvalue weighted by Gasteiger charge is 2.20. The Kier molecular flexibility index (Phi) is 4.91. The number of fused-ring (bicyclic) bond motifs is 1. The number of carbonyl (C=O) groups is 1. The van der Waals surface area contributed by atoms with Crippen LogP contribution in [0, 0.1) is 24.0 Å². The zero-order valence-corrected chi connectivity index (χ0v) is 15.3. The second-order valence-electron chi connectivity index (χ2n) is 6.05. The molecule has 27 heavy (non-hydrogen) atoms. The first-order chi connectivity index (χ1) is 12.8. The van der Waals surface area contributed by atoms with Crippen LogP contribution >= 0.6 is 11.6 Å². The Morgan fingerprint density at radius 3 is 2.74 bits per heavy atom. The molecule has 0 radical (unpaired) electrons. The molecule has 1 amide bonds. The lowest BCUT2D eigenvalue weighted by Crippen LogP contribution is -2.28. The van der Waals surface area contributed by atoms with E-state index in [0.717, 1.165) is 10.1 Å². The average molecular weight is 387 g/mol. The van der Waals surface area contributed by atoms with Crippen LogP contribution in [-0.2, 0) is 11.3 Å². The molecule has 0 atom stereocenters. The van der Waals surface area contributed by atoms with Crippen LogP contribution in [0.4, 0.5) is 11.4 Å². The Morgan fingerprint density at radius 1 is 1.30 bits per heavy atom. The molecular formula is C18H15ClN4O4. The predicted molar refractivity (Wildman–Crippen MR) is 102 cm³/mol. The molecule has 0 aliphatic carbocycles. The lowest BCUT2D eigenvalue weighted by Gasteiger charge is -2.12. The standard InChI is InChI=1S/C18H15ClN4O4/c1-10-3-6-15(23(26)27)17(11(10)2)21-16(24)8-22-9-20-14-5-4-12(19)7-13(14)18(22)25/h3-7,9H,8H2,1-2H3,(H,21,24). The van der Waals surface area contributed by atoms with Crippen molar-refractivity contribution >= 4 is 39.8 Å². The van der Waals surface area contributed by atoms with Gasteiger partial charge >= 0.3 is 0 Å². The Balaban J connectivity index is 1.93. The van der Waals surface area contributed by atoms with E-state index in [1.54, 1.807) is 32.0 Å². The molecule has 3 aromatic rings. The van der Waals surface area contributed by atoms with Gasteiger partial charge in [0.15, 0.2) is 0 Å². The van der Waals surface area contributed by atoms with Gasteiger partial charge in [-0.3, -0.25) is 24.3 Å². The number of halogens is 1. The maximum absolute atomic E-state index is 12.5. The number of amides is 1. The molecule has 138 valence electrons. The van der Waals surface area contributed by atoms with Crippen molar-refractivity contribution in [2.75, 3.05) is 5.32 Å². The number of aromatic nitrogens is 2. The van der Waals surface area contributed by atoms with Crippen molar-refractivity contribution in [2.45, 2.75) is 20.4 Å². The van der Waals surface area contributed by atoms with Crippen molar-refractivity contribution < 1.29 is 9.72 Å². The van der Waals surface area contributed by atoms with Gasteiger partial charge in [0.1, 0.15) is 12.2 Å². The maximum atomic E-state index is 12.5. The summed E-state index contributed by atoms with van der Waals surface area (Å²) in [7, 11) is 0. The van der Waals surface area contributed by atoms with Crippen molar-refractivity contribution in [3.63, 3.8) is 0 Å². The van der Waals surface area contributed by atoms with Crippen LogP contribution in [0.1, 0.15) is 11.1 Å². The van der Waals surface area contributed by atoms with Gasteiger partial charge in [0.2, 0.25) is 5.91 Å². The highest BCUT2D eigenvalue weighted by atomic mass is 35.5. The number of rotatable bonds is 4. The molecule has 0 aliphatic rings. The first kappa shape index (κ1) is 18.5. The Labute approximate surface area is 158 Å². The van der Waals surface area contributed by atoms with Gasteiger partial charge in [-0.25, -0.2) is 4.98 Å². The summed E-state index contributed by atoms with van der Waals surface area (Å²) in [6.07, 6.45) is 1.26. The van der Waals surface area contributed by atoms with E-state index in [2.05, 4.69) is 10.3 Å². The largest absolute Gasteiger partial charge is 0.319 e. The number of nitro groups is 1. The van der Waals surface area contributed by atoms with Crippen LogP contribution in [0.15, 0.2) is 41.5 Å². The molecule has 9 heteroatoms. The van der Waals surface area contributed by atoms with Crippen molar-refractivity contribution in [1.82, 2.24) is 9.55 Å². The van der Waals surface area contributed by atoms with E-state index in [1.165, 1.54) is 18.5 Å². The fourth-order valence-corrected chi connectivity index (χ4v) is 2.86. The quantitative estimate of drug-likeness (QED) is 0.547. The lowest BCUT2D eigenvalue weighted by atomic mass is 10.1. The normalized spacial score (nSPS) is 10.8. The number of nitrogens with one attached hydrogen (secondary N) is 1. The van der Waals surface area contributed by atoms with Crippen molar-refractivity contribution in [3.05, 3.63) is 73.3 Å². The van der Waals surface area contributed by atoms with E-state index in [9.17, 15) is 19.7 Å². The van der Waals surface area contributed by atoms with Crippen LogP contribution < -0.4 is 10.9 Å². The molecule has 2 aromatic carbocycles. The molecule has 0 aliphatic heterocycles. The minimum Gasteiger partial charge on any atom is -0.319 e. The lowest BCUT2D eigenvalue weighted by molar-refractivity contribution is -0.384. The first-order valence-corrected chi connectivity index (χ1v) is 8.35. The second kappa shape index (κ2) is 7.16. The van der Waals surface area contributed by atoms with Gasteiger partial charge in [0, 0.05) is 11.1 Å². The summed E-state index contributed by atoms with van der Waals surface area (Å²) in [6.45, 7) is 3.14. The van der Waals surface area contributed by atoms with Crippen LogP contribution in [0.25, 0.3) is 10.9 Å². The van der Waals surface area contributed by atoms with Crippen LogP contribution in [-0.4, -0.2) is 20.4 Å².